The van der Waals surface area contributed by atoms with E-state index >= 15 is 0 Å². The van der Waals surface area contributed by atoms with Gasteiger partial charge in [-0.2, -0.15) is 0 Å². The molecule has 2 atom stereocenters. The molecular formula is C12H29NO2Si. The molecule has 0 aliphatic carbocycles. The van der Waals surface area contributed by atoms with Gasteiger partial charge < -0.3 is 15.3 Å². The second-order valence-corrected chi connectivity index (χ2v) is 11.2. The highest BCUT2D eigenvalue weighted by atomic mass is 28.4. The maximum absolute atomic E-state index is 9.16. The van der Waals surface area contributed by atoms with Gasteiger partial charge >= 0.3 is 0 Å². The van der Waals surface area contributed by atoms with Gasteiger partial charge in [0, 0.05) is 0 Å². The second kappa shape index (κ2) is 5.62. The number of aliphatic hydroxyl groups excluding tert-OH is 1. The van der Waals surface area contributed by atoms with Gasteiger partial charge in [-0.05, 0) is 24.1 Å². The van der Waals surface area contributed by atoms with Crippen LogP contribution >= 0.6 is 0 Å². The Kier molecular flexibility index (Phi) is 5.66. The summed E-state index contributed by atoms with van der Waals surface area (Å²) in [4.78, 5) is 0. The van der Waals surface area contributed by atoms with Crippen molar-refractivity contribution in [3.05, 3.63) is 0 Å². The Morgan fingerprint density at radius 1 is 1.25 bits per heavy atom. The van der Waals surface area contributed by atoms with Crippen molar-refractivity contribution in [2.45, 2.75) is 64.9 Å². The summed E-state index contributed by atoms with van der Waals surface area (Å²) in [6.07, 6.45) is -0.0501. The molecule has 0 heterocycles. The van der Waals surface area contributed by atoms with Crippen molar-refractivity contribution in [1.29, 1.82) is 0 Å². The largest absolute Gasteiger partial charge is 0.412 e. The van der Waals surface area contributed by atoms with Gasteiger partial charge in [0.05, 0.1) is 18.8 Å². The Morgan fingerprint density at radius 3 is 1.94 bits per heavy atom. The second-order valence-electron chi connectivity index (χ2n) is 6.43. The highest BCUT2D eigenvalue weighted by Gasteiger charge is 2.40. The standard InChI is InChI=1S/C12H29NO2Si/c1-9(2)11(10(13)8-14)15-16(6,7)12(3,4)5/h9-11,14H,8,13H2,1-7H3/t10-,11+/m1/s1. The maximum Gasteiger partial charge on any atom is 0.192 e. The molecule has 16 heavy (non-hydrogen) atoms. The molecule has 0 aromatic carbocycles. The van der Waals surface area contributed by atoms with Crippen molar-refractivity contribution in [2.24, 2.45) is 11.7 Å². The van der Waals surface area contributed by atoms with E-state index in [0.29, 0.717) is 5.92 Å². The van der Waals surface area contributed by atoms with Crippen LogP contribution < -0.4 is 5.73 Å². The summed E-state index contributed by atoms with van der Waals surface area (Å²) in [6.45, 7) is 15.2. The zero-order chi connectivity index (χ0) is 13.1. The monoisotopic (exact) mass is 247 g/mol. The molecule has 4 heteroatoms. The minimum Gasteiger partial charge on any atom is -0.412 e. The lowest BCUT2D eigenvalue weighted by Gasteiger charge is -2.41. The number of nitrogens with two attached hydrogens (primary N) is 1. The first-order valence-corrected chi connectivity index (χ1v) is 8.98. The van der Waals surface area contributed by atoms with Crippen LogP contribution in [0.4, 0.5) is 0 Å². The van der Waals surface area contributed by atoms with Crippen molar-refractivity contribution in [3.63, 3.8) is 0 Å². The van der Waals surface area contributed by atoms with Gasteiger partial charge in [-0.15, -0.1) is 0 Å². The average Bonchev–Trinajstić information content (AvgIpc) is 2.10. The predicted molar refractivity (Wildman–Crippen MR) is 72.0 cm³/mol. The molecule has 0 aromatic rings. The molecule has 0 saturated heterocycles. The molecule has 0 aromatic heterocycles. The smallest absolute Gasteiger partial charge is 0.192 e. The molecule has 3 nitrogen and oxygen atoms in total. The highest BCUT2D eigenvalue weighted by Crippen LogP contribution is 2.38. The molecule has 0 saturated carbocycles. The summed E-state index contributed by atoms with van der Waals surface area (Å²) in [5, 5.41) is 9.34. The van der Waals surface area contributed by atoms with E-state index in [2.05, 4.69) is 47.7 Å². The molecule has 3 N–H and O–H groups in total. The first-order chi connectivity index (χ1) is 7.03. The fourth-order valence-electron chi connectivity index (χ4n) is 1.34. The summed E-state index contributed by atoms with van der Waals surface area (Å²) in [7, 11) is -1.80. The third kappa shape index (κ3) is 4.16. The van der Waals surface area contributed by atoms with Crippen molar-refractivity contribution >= 4 is 8.32 Å². The summed E-state index contributed by atoms with van der Waals surface area (Å²) < 4.78 is 6.27. The van der Waals surface area contributed by atoms with Gasteiger partial charge in [0.15, 0.2) is 8.32 Å². The van der Waals surface area contributed by atoms with Gasteiger partial charge in [-0.3, -0.25) is 0 Å². The molecule has 0 unspecified atom stereocenters. The van der Waals surface area contributed by atoms with E-state index in [1.807, 2.05) is 0 Å². The summed E-state index contributed by atoms with van der Waals surface area (Å²) in [6, 6.07) is -0.283. The molecule has 0 radical (unpaired) electrons. The Labute approximate surface area is 102 Å². The zero-order valence-electron chi connectivity index (χ0n) is 11.9. The summed E-state index contributed by atoms with van der Waals surface area (Å²) in [5.74, 6) is 0.330. The molecule has 0 aliphatic heterocycles. The van der Waals surface area contributed by atoms with Crippen LogP contribution in [0.15, 0.2) is 0 Å². The lowest BCUT2D eigenvalue weighted by molar-refractivity contribution is 0.0802. The van der Waals surface area contributed by atoms with Crippen LogP contribution in [0.5, 0.6) is 0 Å². The SMILES string of the molecule is CC(C)[C@H](O[Si](C)(C)C(C)(C)C)[C@H](N)CO. The van der Waals surface area contributed by atoms with Gasteiger partial charge in [0.25, 0.3) is 0 Å². The number of rotatable bonds is 5. The van der Waals surface area contributed by atoms with E-state index in [1.165, 1.54) is 0 Å². The summed E-state index contributed by atoms with van der Waals surface area (Å²) >= 11 is 0. The Bertz CT molecular complexity index is 212. The van der Waals surface area contributed by atoms with Crippen LogP contribution in [-0.2, 0) is 4.43 Å². The topological polar surface area (TPSA) is 55.5 Å². The number of hydrogen-bond donors (Lipinski definition) is 2. The minimum absolute atomic E-state index is 0.0164. The molecule has 0 rings (SSSR count). The number of hydrogen-bond acceptors (Lipinski definition) is 3. The first-order valence-electron chi connectivity index (χ1n) is 6.07. The molecule has 0 amide bonds. The Morgan fingerprint density at radius 2 is 1.69 bits per heavy atom. The van der Waals surface area contributed by atoms with E-state index in [4.69, 9.17) is 15.3 Å². The van der Waals surface area contributed by atoms with Gasteiger partial charge in [-0.25, -0.2) is 0 Å². The average molecular weight is 247 g/mol. The number of aliphatic hydroxyl groups is 1. The van der Waals surface area contributed by atoms with E-state index in [-0.39, 0.29) is 23.8 Å². The summed E-state index contributed by atoms with van der Waals surface area (Å²) in [5.41, 5.74) is 5.92. The van der Waals surface area contributed by atoms with Gasteiger partial charge in [0.2, 0.25) is 0 Å². The van der Waals surface area contributed by atoms with Gasteiger partial charge in [0.1, 0.15) is 0 Å². The predicted octanol–water partition coefficient (Wildman–Crippen LogP) is 2.35. The third-order valence-corrected chi connectivity index (χ3v) is 8.00. The van der Waals surface area contributed by atoms with E-state index < -0.39 is 8.32 Å². The minimum atomic E-state index is -1.80. The quantitative estimate of drug-likeness (QED) is 0.733. The van der Waals surface area contributed by atoms with E-state index in [1.54, 1.807) is 0 Å². The van der Waals surface area contributed by atoms with Crippen LogP contribution in [0, 0.1) is 5.92 Å². The van der Waals surface area contributed by atoms with Gasteiger partial charge in [-0.1, -0.05) is 34.6 Å². The van der Waals surface area contributed by atoms with Crippen molar-refractivity contribution in [3.8, 4) is 0 Å². The van der Waals surface area contributed by atoms with E-state index in [9.17, 15) is 0 Å². The third-order valence-electron chi connectivity index (χ3n) is 3.53. The van der Waals surface area contributed by atoms with Crippen molar-refractivity contribution in [1.82, 2.24) is 0 Å². The van der Waals surface area contributed by atoms with Crippen LogP contribution in [0.2, 0.25) is 18.1 Å². The lowest BCUT2D eigenvalue weighted by atomic mass is 10.0. The van der Waals surface area contributed by atoms with Crippen molar-refractivity contribution < 1.29 is 9.53 Å². The fraction of sp³-hybridized carbons (Fsp3) is 1.00. The van der Waals surface area contributed by atoms with Crippen molar-refractivity contribution in [2.75, 3.05) is 6.61 Å². The molecule has 0 aliphatic rings. The van der Waals surface area contributed by atoms with Crippen LogP contribution in [0.3, 0.4) is 0 Å². The Balaban J connectivity index is 4.76. The zero-order valence-corrected chi connectivity index (χ0v) is 12.9. The van der Waals surface area contributed by atoms with Crippen LogP contribution in [0.1, 0.15) is 34.6 Å². The van der Waals surface area contributed by atoms with Crippen LogP contribution in [-0.4, -0.2) is 32.2 Å². The molecule has 0 fully saturated rings. The normalized spacial score (nSPS) is 17.6. The highest BCUT2D eigenvalue weighted by molar-refractivity contribution is 6.74. The maximum atomic E-state index is 9.16. The first kappa shape index (κ1) is 16.1. The Hall–Kier alpha value is 0.0969. The lowest BCUT2D eigenvalue weighted by Crippen LogP contribution is -2.52. The molecule has 0 spiro atoms. The van der Waals surface area contributed by atoms with E-state index in [0.717, 1.165) is 0 Å². The van der Waals surface area contributed by atoms with Crippen LogP contribution in [0.25, 0.3) is 0 Å². The fourth-order valence-corrected chi connectivity index (χ4v) is 2.82. The molecule has 0 bridgehead atoms. The molecular weight excluding hydrogens is 218 g/mol. The molecule has 98 valence electrons.